The Balaban J connectivity index is 2.73. The minimum atomic E-state index is -0.918. The normalized spacial score (nSPS) is 20.5. The Morgan fingerprint density at radius 1 is 1.23 bits per heavy atom. The molecule has 1 aromatic rings. The number of hydrogen-bond acceptors (Lipinski definition) is 3. The molecule has 1 aliphatic heterocycles. The number of aliphatic carboxylic acids is 1. The third kappa shape index (κ3) is 3.89. The highest BCUT2D eigenvalue weighted by atomic mass is 31.1. The van der Waals surface area contributed by atoms with E-state index in [4.69, 9.17) is 0 Å². The maximum absolute atomic E-state index is 12.1. The average molecular weight is 370 g/mol. The summed E-state index contributed by atoms with van der Waals surface area (Å²) in [5, 5.41) is 19.2. The Labute approximate surface area is 157 Å². The van der Waals surface area contributed by atoms with E-state index in [1.807, 2.05) is 25.1 Å². The molecule has 26 heavy (non-hydrogen) atoms. The summed E-state index contributed by atoms with van der Waals surface area (Å²) in [6.07, 6.45) is 0. The molecule has 2 rings (SSSR count). The van der Waals surface area contributed by atoms with Crippen molar-refractivity contribution < 1.29 is 9.90 Å². The van der Waals surface area contributed by atoms with Gasteiger partial charge in [0, 0.05) is 23.0 Å². The van der Waals surface area contributed by atoms with Crippen LogP contribution in [0.4, 0.5) is 0 Å². The minimum Gasteiger partial charge on any atom is -0.478 e. The molecular formula is C21H27N2O2P. The quantitative estimate of drug-likeness (QED) is 0.729. The van der Waals surface area contributed by atoms with E-state index in [0.29, 0.717) is 28.2 Å². The summed E-state index contributed by atoms with van der Waals surface area (Å²) >= 11 is 0. The lowest BCUT2D eigenvalue weighted by Gasteiger charge is -2.41. The van der Waals surface area contributed by atoms with Crippen molar-refractivity contribution in [2.75, 3.05) is 0 Å². The summed E-state index contributed by atoms with van der Waals surface area (Å²) < 4.78 is 0. The minimum absolute atomic E-state index is 0.0637. The lowest BCUT2D eigenvalue weighted by Crippen LogP contribution is -2.36. The number of carbonyl (C=O) groups is 1. The molecule has 0 aliphatic carbocycles. The van der Waals surface area contributed by atoms with Gasteiger partial charge in [0.1, 0.15) is 0 Å². The zero-order valence-electron chi connectivity index (χ0n) is 16.3. The van der Waals surface area contributed by atoms with Crippen LogP contribution in [0.3, 0.4) is 0 Å². The van der Waals surface area contributed by atoms with Crippen LogP contribution in [0.15, 0.2) is 40.5 Å². The highest BCUT2D eigenvalue weighted by Crippen LogP contribution is 2.58. The zero-order chi connectivity index (χ0) is 19.6. The zero-order valence-corrected chi connectivity index (χ0v) is 17.2. The van der Waals surface area contributed by atoms with Gasteiger partial charge in [0.25, 0.3) is 0 Å². The van der Waals surface area contributed by atoms with Crippen LogP contribution in [0.2, 0.25) is 0 Å². The standard InChI is InChI=1S/C21H27N2O2P/c1-12(2)26(13(3)4)20-15(6)23-14(5)18(21(24)25)19(20)17-9-7-8-16(10-17)11-22/h7-10,12-13,19-20H,1-6H3,(H,24,25). The molecule has 2 atom stereocenters. The fraction of sp³-hybridized carbons (Fsp3) is 0.476. The predicted octanol–water partition coefficient (Wildman–Crippen LogP) is 5.14. The Bertz CT molecular complexity index is 794. The van der Waals surface area contributed by atoms with Gasteiger partial charge < -0.3 is 5.11 Å². The number of nitriles is 1. The highest BCUT2D eigenvalue weighted by molar-refractivity contribution is 7.61. The van der Waals surface area contributed by atoms with Crippen LogP contribution in [0.5, 0.6) is 0 Å². The van der Waals surface area contributed by atoms with Crippen molar-refractivity contribution in [3.8, 4) is 6.07 Å². The molecular weight excluding hydrogens is 343 g/mol. The van der Waals surface area contributed by atoms with Gasteiger partial charge in [-0.1, -0.05) is 47.7 Å². The number of benzene rings is 1. The third-order valence-electron chi connectivity index (χ3n) is 4.91. The van der Waals surface area contributed by atoms with Crippen molar-refractivity contribution in [2.45, 2.75) is 64.4 Å². The van der Waals surface area contributed by atoms with E-state index >= 15 is 0 Å². The molecule has 0 saturated carbocycles. The second-order valence-corrected chi connectivity index (χ2v) is 10.9. The monoisotopic (exact) mass is 370 g/mol. The molecule has 0 spiro atoms. The van der Waals surface area contributed by atoms with E-state index in [0.717, 1.165) is 11.3 Å². The lowest BCUT2D eigenvalue weighted by atomic mass is 9.83. The van der Waals surface area contributed by atoms with Crippen molar-refractivity contribution in [1.29, 1.82) is 5.26 Å². The summed E-state index contributed by atoms with van der Waals surface area (Å²) in [7, 11) is -0.495. The van der Waals surface area contributed by atoms with Crippen LogP contribution in [0.25, 0.3) is 0 Å². The van der Waals surface area contributed by atoms with Crippen LogP contribution in [0, 0.1) is 11.3 Å². The summed E-state index contributed by atoms with van der Waals surface area (Å²) in [6, 6.07) is 9.55. The number of rotatable bonds is 5. The molecule has 0 bridgehead atoms. The molecule has 0 aromatic heterocycles. The van der Waals surface area contributed by atoms with E-state index in [1.54, 1.807) is 13.0 Å². The van der Waals surface area contributed by atoms with Crippen molar-refractivity contribution in [3.63, 3.8) is 0 Å². The smallest absolute Gasteiger partial charge is 0.334 e. The van der Waals surface area contributed by atoms with Gasteiger partial charge in [0.15, 0.2) is 0 Å². The summed E-state index contributed by atoms with van der Waals surface area (Å²) in [6.45, 7) is 12.7. The second kappa shape index (κ2) is 8.14. The molecule has 0 radical (unpaired) electrons. The van der Waals surface area contributed by atoms with Gasteiger partial charge in [-0.25, -0.2) is 4.79 Å². The fourth-order valence-electron chi connectivity index (χ4n) is 4.08. The highest BCUT2D eigenvalue weighted by Gasteiger charge is 2.42. The van der Waals surface area contributed by atoms with Gasteiger partial charge in [0.2, 0.25) is 0 Å². The first-order chi connectivity index (χ1) is 12.2. The fourth-order valence-corrected chi connectivity index (χ4v) is 7.71. The maximum atomic E-state index is 12.1. The third-order valence-corrected chi connectivity index (χ3v) is 8.61. The van der Waals surface area contributed by atoms with E-state index in [1.165, 1.54) is 0 Å². The Hall–Kier alpha value is -1.98. The van der Waals surface area contributed by atoms with E-state index in [-0.39, 0.29) is 11.6 Å². The van der Waals surface area contributed by atoms with E-state index in [9.17, 15) is 15.2 Å². The van der Waals surface area contributed by atoms with Crippen LogP contribution in [-0.2, 0) is 4.79 Å². The van der Waals surface area contributed by atoms with Crippen molar-refractivity contribution in [2.24, 2.45) is 4.99 Å². The molecule has 1 aliphatic rings. The Morgan fingerprint density at radius 3 is 2.35 bits per heavy atom. The predicted molar refractivity (Wildman–Crippen MR) is 108 cm³/mol. The first kappa shape index (κ1) is 20.3. The van der Waals surface area contributed by atoms with Crippen molar-refractivity contribution in [1.82, 2.24) is 0 Å². The topological polar surface area (TPSA) is 73.4 Å². The number of allylic oxidation sites excluding steroid dienone is 1. The molecule has 1 heterocycles. The van der Waals surface area contributed by atoms with Crippen molar-refractivity contribution in [3.05, 3.63) is 46.7 Å². The van der Waals surface area contributed by atoms with E-state index < -0.39 is 13.9 Å². The lowest BCUT2D eigenvalue weighted by molar-refractivity contribution is -0.133. The molecule has 138 valence electrons. The molecule has 0 saturated heterocycles. The number of aliphatic imine (C=N–C) groups is 1. The van der Waals surface area contributed by atoms with Gasteiger partial charge in [-0.15, -0.1) is 0 Å². The van der Waals surface area contributed by atoms with Crippen LogP contribution < -0.4 is 0 Å². The molecule has 5 heteroatoms. The number of carboxylic acid groups (broad SMARTS) is 1. The number of carboxylic acids is 1. The maximum Gasteiger partial charge on any atom is 0.334 e. The van der Waals surface area contributed by atoms with Gasteiger partial charge in [-0.2, -0.15) is 5.26 Å². The molecule has 1 N–H and O–H groups in total. The average Bonchev–Trinajstić information content (AvgIpc) is 2.55. The molecule has 0 amide bonds. The second-order valence-electron chi connectivity index (χ2n) is 7.35. The first-order valence-electron chi connectivity index (χ1n) is 8.95. The van der Waals surface area contributed by atoms with Crippen LogP contribution in [0.1, 0.15) is 58.6 Å². The summed E-state index contributed by atoms with van der Waals surface area (Å²) in [5.41, 5.74) is 4.37. The van der Waals surface area contributed by atoms with Gasteiger partial charge in [-0.3, -0.25) is 4.99 Å². The number of nitrogens with zero attached hydrogens (tertiary/aromatic N) is 2. The van der Waals surface area contributed by atoms with Gasteiger partial charge in [0.05, 0.1) is 17.2 Å². The molecule has 0 fully saturated rings. The summed E-state index contributed by atoms with van der Waals surface area (Å²) in [5.74, 6) is -1.19. The molecule has 2 unspecified atom stereocenters. The molecule has 4 nitrogen and oxygen atoms in total. The largest absolute Gasteiger partial charge is 0.478 e. The summed E-state index contributed by atoms with van der Waals surface area (Å²) in [4.78, 5) is 16.8. The molecule has 1 aromatic carbocycles. The number of hydrogen-bond donors (Lipinski definition) is 1. The van der Waals surface area contributed by atoms with Crippen LogP contribution >= 0.6 is 7.92 Å². The van der Waals surface area contributed by atoms with E-state index in [2.05, 4.69) is 38.8 Å². The van der Waals surface area contributed by atoms with Gasteiger partial charge >= 0.3 is 5.97 Å². The SMILES string of the molecule is CC1=NC(C)=C(C(=O)O)C(c2cccc(C#N)c2)C1P(C(C)C)C(C)C. The van der Waals surface area contributed by atoms with Crippen LogP contribution in [-0.4, -0.2) is 33.8 Å². The van der Waals surface area contributed by atoms with Gasteiger partial charge in [-0.05, 0) is 42.9 Å². The van der Waals surface area contributed by atoms with Crippen molar-refractivity contribution >= 4 is 19.6 Å². The Morgan fingerprint density at radius 2 is 1.85 bits per heavy atom. The first-order valence-corrected chi connectivity index (χ1v) is 10.5. The Kier molecular flexibility index (Phi) is 6.37.